The lowest BCUT2D eigenvalue weighted by Gasteiger charge is -2.37. The molecule has 1 aromatic carbocycles. The number of hydrogen-bond acceptors (Lipinski definition) is 2. The Bertz CT molecular complexity index is 561. The molecule has 1 N–H and O–H groups in total. The fourth-order valence-electron chi connectivity index (χ4n) is 2.72. The molecule has 0 aromatic heterocycles. The molecular formula is C16H22ClF3N2O. The number of carbonyl (C=O) groups excluding carboxylic acids is 1. The number of nitrogens with zero attached hydrogens (tertiary/aromatic N) is 1. The number of carbonyl (C=O) groups is 1. The lowest BCUT2D eigenvalue weighted by molar-refractivity contribution is -0.139. The van der Waals surface area contributed by atoms with Crippen LogP contribution in [0.15, 0.2) is 24.3 Å². The lowest BCUT2D eigenvalue weighted by atomic mass is 9.82. The maximum atomic E-state index is 12.9. The first-order valence-corrected chi connectivity index (χ1v) is 7.33. The van der Waals surface area contributed by atoms with Gasteiger partial charge in [-0.05, 0) is 32.4 Å². The van der Waals surface area contributed by atoms with E-state index in [1.807, 2.05) is 6.92 Å². The van der Waals surface area contributed by atoms with E-state index in [9.17, 15) is 18.0 Å². The van der Waals surface area contributed by atoms with Gasteiger partial charge in [0.25, 0.3) is 0 Å². The summed E-state index contributed by atoms with van der Waals surface area (Å²) in [5.41, 5.74) is -1.32. The molecule has 7 heteroatoms. The number of piperazine rings is 1. The molecule has 0 saturated carbocycles. The molecular weight excluding hydrogens is 329 g/mol. The quantitative estimate of drug-likeness (QED) is 0.888. The minimum atomic E-state index is -4.40. The van der Waals surface area contributed by atoms with Crippen molar-refractivity contribution in [3.63, 3.8) is 0 Å². The van der Waals surface area contributed by atoms with Crippen molar-refractivity contribution in [1.82, 2.24) is 10.2 Å². The molecule has 130 valence electrons. The van der Waals surface area contributed by atoms with Gasteiger partial charge in [0.15, 0.2) is 0 Å². The number of rotatable bonds is 2. The minimum Gasteiger partial charge on any atom is -0.339 e. The fourth-order valence-corrected chi connectivity index (χ4v) is 2.72. The Morgan fingerprint density at radius 3 is 2.43 bits per heavy atom. The first kappa shape index (κ1) is 19.8. The van der Waals surface area contributed by atoms with Crippen LogP contribution >= 0.6 is 12.4 Å². The van der Waals surface area contributed by atoms with Crippen molar-refractivity contribution in [2.75, 3.05) is 19.6 Å². The highest BCUT2D eigenvalue weighted by Crippen LogP contribution is 2.33. The van der Waals surface area contributed by atoms with Gasteiger partial charge in [-0.3, -0.25) is 4.79 Å². The summed E-state index contributed by atoms with van der Waals surface area (Å²) in [5, 5.41) is 3.24. The second kappa shape index (κ2) is 7.09. The van der Waals surface area contributed by atoms with Gasteiger partial charge in [-0.25, -0.2) is 0 Å². The van der Waals surface area contributed by atoms with Crippen molar-refractivity contribution in [2.45, 2.75) is 38.4 Å². The standard InChI is InChI=1S/C16H21F3N2O.ClH/c1-11-10-21(8-7-20-11)14(22)15(2,3)12-5-4-6-13(9-12)16(17,18)19;/h4-6,9,11,20H,7-8,10H2,1-3H3;1H. The molecule has 0 radical (unpaired) electrons. The van der Waals surface area contributed by atoms with E-state index in [0.717, 1.165) is 12.1 Å². The Kier molecular flexibility index (Phi) is 6.10. The van der Waals surface area contributed by atoms with Crippen LogP contribution in [0.3, 0.4) is 0 Å². The molecule has 1 aliphatic heterocycles. The van der Waals surface area contributed by atoms with Crippen molar-refractivity contribution in [3.05, 3.63) is 35.4 Å². The molecule has 1 aliphatic rings. The molecule has 23 heavy (non-hydrogen) atoms. The zero-order chi connectivity index (χ0) is 16.5. The minimum absolute atomic E-state index is 0. The van der Waals surface area contributed by atoms with Crippen molar-refractivity contribution in [2.24, 2.45) is 0 Å². The molecule has 0 aliphatic carbocycles. The van der Waals surface area contributed by atoms with Gasteiger partial charge in [0.1, 0.15) is 0 Å². The molecule has 1 amide bonds. The Morgan fingerprint density at radius 1 is 1.26 bits per heavy atom. The number of alkyl halides is 3. The summed E-state index contributed by atoms with van der Waals surface area (Å²) in [4.78, 5) is 14.5. The van der Waals surface area contributed by atoms with Crippen molar-refractivity contribution in [1.29, 1.82) is 0 Å². The van der Waals surface area contributed by atoms with Gasteiger partial charge in [0.2, 0.25) is 5.91 Å². The van der Waals surface area contributed by atoms with Crippen LogP contribution < -0.4 is 5.32 Å². The van der Waals surface area contributed by atoms with E-state index in [-0.39, 0.29) is 24.4 Å². The molecule has 0 spiro atoms. The highest BCUT2D eigenvalue weighted by molar-refractivity contribution is 5.87. The summed E-state index contributed by atoms with van der Waals surface area (Å²) in [6.45, 7) is 7.18. The molecule has 3 nitrogen and oxygen atoms in total. The van der Waals surface area contributed by atoms with Crippen LogP contribution in [0.4, 0.5) is 13.2 Å². The zero-order valence-electron chi connectivity index (χ0n) is 13.4. The number of nitrogens with one attached hydrogen (secondary N) is 1. The summed E-state index contributed by atoms with van der Waals surface area (Å²) in [5.74, 6) is -0.139. The maximum Gasteiger partial charge on any atom is 0.416 e. The molecule has 1 heterocycles. The Hall–Kier alpha value is -1.27. The number of hydrogen-bond donors (Lipinski definition) is 1. The van der Waals surface area contributed by atoms with Gasteiger partial charge in [0.05, 0.1) is 11.0 Å². The van der Waals surface area contributed by atoms with Gasteiger partial charge < -0.3 is 10.2 Å². The Morgan fingerprint density at radius 2 is 1.87 bits per heavy atom. The van der Waals surface area contributed by atoms with Crippen molar-refractivity contribution >= 4 is 18.3 Å². The van der Waals surface area contributed by atoms with Gasteiger partial charge in [-0.1, -0.05) is 18.2 Å². The summed E-state index contributed by atoms with van der Waals surface area (Å²) in [6, 6.07) is 5.22. The monoisotopic (exact) mass is 350 g/mol. The average Bonchev–Trinajstić information content (AvgIpc) is 2.45. The second-order valence-corrected chi connectivity index (χ2v) is 6.31. The van der Waals surface area contributed by atoms with E-state index in [0.29, 0.717) is 25.2 Å². The number of amides is 1. The lowest BCUT2D eigenvalue weighted by Crippen LogP contribution is -2.55. The topological polar surface area (TPSA) is 32.3 Å². The van der Waals surface area contributed by atoms with Crippen LogP contribution in [0.2, 0.25) is 0 Å². The summed E-state index contributed by atoms with van der Waals surface area (Å²) in [6.07, 6.45) is -4.40. The Labute approximate surface area is 140 Å². The van der Waals surface area contributed by atoms with E-state index in [1.54, 1.807) is 24.8 Å². The van der Waals surface area contributed by atoms with Gasteiger partial charge in [-0.2, -0.15) is 13.2 Å². The summed E-state index contributed by atoms with van der Waals surface area (Å²) >= 11 is 0. The number of halogens is 4. The second-order valence-electron chi connectivity index (χ2n) is 6.31. The van der Waals surface area contributed by atoms with Crippen LogP contribution in [-0.4, -0.2) is 36.5 Å². The average molecular weight is 351 g/mol. The van der Waals surface area contributed by atoms with E-state index >= 15 is 0 Å². The fraction of sp³-hybridized carbons (Fsp3) is 0.562. The first-order valence-electron chi connectivity index (χ1n) is 7.33. The van der Waals surface area contributed by atoms with E-state index in [4.69, 9.17) is 0 Å². The van der Waals surface area contributed by atoms with E-state index in [1.165, 1.54) is 6.07 Å². The molecule has 0 bridgehead atoms. The highest BCUT2D eigenvalue weighted by Gasteiger charge is 2.37. The van der Waals surface area contributed by atoms with Crippen molar-refractivity contribution < 1.29 is 18.0 Å². The van der Waals surface area contributed by atoms with E-state index in [2.05, 4.69) is 5.32 Å². The maximum absolute atomic E-state index is 12.9. The van der Waals surface area contributed by atoms with Crippen LogP contribution in [0.25, 0.3) is 0 Å². The first-order chi connectivity index (χ1) is 10.1. The van der Waals surface area contributed by atoms with Crippen LogP contribution in [0.1, 0.15) is 31.9 Å². The largest absolute Gasteiger partial charge is 0.416 e. The van der Waals surface area contributed by atoms with Crippen LogP contribution in [0.5, 0.6) is 0 Å². The predicted molar refractivity (Wildman–Crippen MR) is 85.8 cm³/mol. The van der Waals surface area contributed by atoms with Gasteiger partial charge in [-0.15, -0.1) is 12.4 Å². The Balaban J connectivity index is 0.00000264. The third-order valence-corrected chi connectivity index (χ3v) is 4.10. The summed E-state index contributed by atoms with van der Waals surface area (Å²) < 4.78 is 38.6. The predicted octanol–water partition coefficient (Wildman–Crippen LogP) is 3.23. The third kappa shape index (κ3) is 4.38. The van der Waals surface area contributed by atoms with Crippen molar-refractivity contribution in [3.8, 4) is 0 Å². The highest BCUT2D eigenvalue weighted by atomic mass is 35.5. The molecule has 1 fully saturated rings. The van der Waals surface area contributed by atoms with E-state index < -0.39 is 17.2 Å². The van der Waals surface area contributed by atoms with Gasteiger partial charge in [0, 0.05) is 25.7 Å². The number of benzene rings is 1. The van der Waals surface area contributed by atoms with Crippen LogP contribution in [-0.2, 0) is 16.4 Å². The molecule has 1 unspecified atom stereocenters. The molecule has 1 aromatic rings. The molecule has 2 rings (SSSR count). The smallest absolute Gasteiger partial charge is 0.339 e. The zero-order valence-corrected chi connectivity index (χ0v) is 14.2. The third-order valence-electron chi connectivity index (χ3n) is 4.10. The van der Waals surface area contributed by atoms with Gasteiger partial charge >= 0.3 is 6.18 Å². The molecule has 1 saturated heterocycles. The SMILES string of the molecule is CC1CN(C(=O)C(C)(C)c2cccc(C(F)(F)F)c2)CCN1.Cl. The summed E-state index contributed by atoms with van der Waals surface area (Å²) in [7, 11) is 0. The molecule has 1 atom stereocenters. The van der Waals surface area contributed by atoms with Crippen LogP contribution in [0, 0.1) is 0 Å². The normalized spacial score (nSPS) is 19.2.